The predicted octanol–water partition coefficient (Wildman–Crippen LogP) is 4.15. The van der Waals surface area contributed by atoms with E-state index in [-0.39, 0.29) is 5.91 Å². The lowest BCUT2D eigenvalue weighted by molar-refractivity contribution is -0.118. The van der Waals surface area contributed by atoms with Crippen molar-refractivity contribution in [3.05, 3.63) is 66.7 Å². The number of carbonyl (C=O) groups is 1. The summed E-state index contributed by atoms with van der Waals surface area (Å²) in [7, 11) is 0. The van der Waals surface area contributed by atoms with Gasteiger partial charge in [0.15, 0.2) is 5.76 Å². The zero-order valence-corrected chi connectivity index (χ0v) is 13.8. The van der Waals surface area contributed by atoms with Crippen molar-refractivity contribution in [3.8, 4) is 11.5 Å². The van der Waals surface area contributed by atoms with Crippen molar-refractivity contribution in [2.24, 2.45) is 0 Å². The molecule has 0 radical (unpaired) electrons. The molecule has 6 heteroatoms. The molecule has 5 rings (SSSR count). The molecule has 0 unspecified atom stereocenters. The van der Waals surface area contributed by atoms with E-state index in [2.05, 4.69) is 15.5 Å². The lowest BCUT2D eigenvalue weighted by Gasteiger charge is -2.12. The van der Waals surface area contributed by atoms with E-state index < -0.39 is 5.41 Å². The van der Waals surface area contributed by atoms with Gasteiger partial charge in [-0.1, -0.05) is 11.2 Å². The third-order valence-corrected chi connectivity index (χ3v) is 4.81. The Labute approximate surface area is 148 Å². The van der Waals surface area contributed by atoms with Gasteiger partial charge in [-0.25, -0.2) is 0 Å². The molecular formula is C20H15N3O3. The van der Waals surface area contributed by atoms with Crippen molar-refractivity contribution >= 4 is 22.5 Å². The molecule has 128 valence electrons. The fourth-order valence-electron chi connectivity index (χ4n) is 3.16. The summed E-state index contributed by atoms with van der Waals surface area (Å²) in [5, 5.41) is 8.10. The van der Waals surface area contributed by atoms with Crippen LogP contribution in [-0.4, -0.2) is 16.0 Å². The van der Waals surface area contributed by atoms with E-state index in [9.17, 15) is 4.79 Å². The third kappa shape index (κ3) is 2.38. The number of hydrogen-bond donors (Lipinski definition) is 1. The van der Waals surface area contributed by atoms with Crippen LogP contribution in [0.2, 0.25) is 0 Å². The molecule has 1 N–H and O–H groups in total. The van der Waals surface area contributed by atoms with E-state index in [1.54, 1.807) is 30.7 Å². The molecule has 4 aromatic rings. The maximum Gasteiger partial charge on any atom is 0.236 e. The van der Waals surface area contributed by atoms with E-state index in [4.69, 9.17) is 8.94 Å². The van der Waals surface area contributed by atoms with Gasteiger partial charge in [0.1, 0.15) is 0 Å². The number of benzene rings is 1. The lowest BCUT2D eigenvalue weighted by Crippen LogP contribution is -2.28. The Morgan fingerprint density at radius 3 is 2.81 bits per heavy atom. The van der Waals surface area contributed by atoms with E-state index in [0.29, 0.717) is 17.2 Å². The number of fused-ring (bicyclic) bond motifs is 1. The number of nitrogens with one attached hydrogen (secondary N) is 1. The average molecular weight is 345 g/mol. The minimum absolute atomic E-state index is 0.0694. The number of aromatic nitrogens is 2. The quantitative estimate of drug-likeness (QED) is 0.601. The minimum atomic E-state index is -0.627. The summed E-state index contributed by atoms with van der Waals surface area (Å²) in [6, 6.07) is 14.9. The molecule has 0 bridgehead atoms. The first-order valence-electron chi connectivity index (χ1n) is 8.42. The summed E-state index contributed by atoms with van der Waals surface area (Å²) in [5.41, 5.74) is 1.66. The van der Waals surface area contributed by atoms with Gasteiger partial charge in [0, 0.05) is 23.3 Å². The van der Waals surface area contributed by atoms with Gasteiger partial charge in [-0.15, -0.1) is 0 Å². The van der Waals surface area contributed by atoms with Crippen molar-refractivity contribution < 1.29 is 13.7 Å². The SMILES string of the molecule is O=C(Nc1ccc2ncccc2c1)C1(c2cc(-c3ccco3)on2)CC1. The first-order valence-corrected chi connectivity index (χ1v) is 8.42. The second kappa shape index (κ2) is 5.56. The van der Waals surface area contributed by atoms with Gasteiger partial charge in [-0.2, -0.15) is 0 Å². The molecule has 0 aliphatic heterocycles. The molecule has 3 aromatic heterocycles. The fourth-order valence-corrected chi connectivity index (χ4v) is 3.16. The highest BCUT2D eigenvalue weighted by Crippen LogP contribution is 2.49. The molecule has 1 amide bonds. The topological polar surface area (TPSA) is 81.2 Å². The Bertz CT molecular complexity index is 1090. The fraction of sp³-hybridized carbons (Fsp3) is 0.150. The molecule has 3 heterocycles. The largest absolute Gasteiger partial charge is 0.461 e. The van der Waals surface area contributed by atoms with Crippen LogP contribution in [0.1, 0.15) is 18.5 Å². The van der Waals surface area contributed by atoms with Crippen molar-refractivity contribution in [2.75, 3.05) is 5.32 Å². The summed E-state index contributed by atoms with van der Waals surface area (Å²) >= 11 is 0. The summed E-state index contributed by atoms with van der Waals surface area (Å²) in [6.45, 7) is 0. The van der Waals surface area contributed by atoms with Crippen LogP contribution in [0.5, 0.6) is 0 Å². The summed E-state index contributed by atoms with van der Waals surface area (Å²) in [6.07, 6.45) is 4.82. The summed E-state index contributed by atoms with van der Waals surface area (Å²) in [4.78, 5) is 17.2. The lowest BCUT2D eigenvalue weighted by atomic mass is 10.0. The van der Waals surface area contributed by atoms with Gasteiger partial charge >= 0.3 is 0 Å². The number of carbonyl (C=O) groups excluding carboxylic acids is 1. The minimum Gasteiger partial charge on any atom is -0.461 e. The second-order valence-corrected chi connectivity index (χ2v) is 6.50. The van der Waals surface area contributed by atoms with Crippen LogP contribution < -0.4 is 5.32 Å². The van der Waals surface area contributed by atoms with Crippen LogP contribution in [0, 0.1) is 0 Å². The zero-order valence-electron chi connectivity index (χ0n) is 13.8. The van der Waals surface area contributed by atoms with Crippen molar-refractivity contribution in [1.82, 2.24) is 10.1 Å². The number of rotatable bonds is 4. The molecule has 1 aliphatic carbocycles. The van der Waals surface area contributed by atoms with Gasteiger partial charge < -0.3 is 14.3 Å². The average Bonchev–Trinajstić information content (AvgIpc) is 3.08. The molecule has 1 aromatic carbocycles. The van der Waals surface area contributed by atoms with Crippen LogP contribution in [0.15, 0.2) is 69.9 Å². The van der Waals surface area contributed by atoms with Crippen molar-refractivity contribution in [1.29, 1.82) is 0 Å². The van der Waals surface area contributed by atoms with Crippen LogP contribution in [0.4, 0.5) is 5.69 Å². The summed E-state index contributed by atoms with van der Waals surface area (Å²) in [5.74, 6) is 1.06. The smallest absolute Gasteiger partial charge is 0.236 e. The Morgan fingerprint density at radius 2 is 2.00 bits per heavy atom. The summed E-state index contributed by atoms with van der Waals surface area (Å²) < 4.78 is 10.7. The molecule has 0 saturated heterocycles. The second-order valence-electron chi connectivity index (χ2n) is 6.50. The molecule has 6 nitrogen and oxygen atoms in total. The van der Waals surface area contributed by atoms with Crippen LogP contribution in [0.25, 0.3) is 22.4 Å². The molecule has 26 heavy (non-hydrogen) atoms. The first kappa shape index (κ1) is 14.9. The Balaban J connectivity index is 1.40. The number of nitrogens with zero attached hydrogens (tertiary/aromatic N) is 2. The first-order chi connectivity index (χ1) is 12.7. The van der Waals surface area contributed by atoms with Crippen LogP contribution in [0.3, 0.4) is 0 Å². The molecular weight excluding hydrogens is 330 g/mol. The normalized spacial score (nSPS) is 15.1. The monoisotopic (exact) mass is 345 g/mol. The van der Waals surface area contributed by atoms with E-state index in [0.717, 1.165) is 29.4 Å². The van der Waals surface area contributed by atoms with Crippen molar-refractivity contribution in [3.63, 3.8) is 0 Å². The van der Waals surface area contributed by atoms with Gasteiger partial charge in [0.25, 0.3) is 0 Å². The van der Waals surface area contributed by atoms with E-state index in [1.165, 1.54) is 0 Å². The Hall–Kier alpha value is -3.41. The standard InChI is InChI=1S/C20H15N3O3/c24-19(22-14-5-6-15-13(11-14)3-1-9-21-15)20(7-8-20)18-12-17(26-23-18)16-4-2-10-25-16/h1-6,9-12H,7-8H2,(H,22,24). The maximum atomic E-state index is 12.9. The molecule has 1 saturated carbocycles. The Kier molecular flexibility index (Phi) is 3.18. The number of amides is 1. The van der Waals surface area contributed by atoms with Gasteiger partial charge in [0.05, 0.1) is 22.9 Å². The number of anilines is 1. The maximum absolute atomic E-state index is 12.9. The molecule has 0 spiro atoms. The highest BCUT2D eigenvalue weighted by molar-refractivity contribution is 6.02. The highest BCUT2D eigenvalue weighted by atomic mass is 16.5. The van der Waals surface area contributed by atoms with Crippen LogP contribution >= 0.6 is 0 Å². The number of furan rings is 1. The van der Waals surface area contributed by atoms with Gasteiger partial charge in [-0.05, 0) is 49.2 Å². The third-order valence-electron chi connectivity index (χ3n) is 4.81. The van der Waals surface area contributed by atoms with Gasteiger partial charge in [-0.3, -0.25) is 9.78 Å². The van der Waals surface area contributed by atoms with Crippen LogP contribution in [-0.2, 0) is 10.2 Å². The van der Waals surface area contributed by atoms with E-state index in [1.807, 2.05) is 30.3 Å². The number of hydrogen-bond acceptors (Lipinski definition) is 5. The zero-order chi connectivity index (χ0) is 17.6. The van der Waals surface area contributed by atoms with Gasteiger partial charge in [0.2, 0.25) is 11.7 Å². The molecule has 1 aliphatic rings. The highest BCUT2D eigenvalue weighted by Gasteiger charge is 2.54. The molecule has 0 atom stereocenters. The predicted molar refractivity (Wildman–Crippen MR) is 95.5 cm³/mol. The Morgan fingerprint density at radius 1 is 1.08 bits per heavy atom. The van der Waals surface area contributed by atoms with E-state index >= 15 is 0 Å². The van der Waals surface area contributed by atoms with Crippen molar-refractivity contribution in [2.45, 2.75) is 18.3 Å². The number of pyridine rings is 1. The molecule has 1 fully saturated rings.